The first-order chi connectivity index (χ1) is 7.31. The normalized spacial score (nSPS) is 12.9. The van der Waals surface area contributed by atoms with Gasteiger partial charge in [0.2, 0.25) is 0 Å². The van der Waals surface area contributed by atoms with Gasteiger partial charge in [-0.05, 0) is 18.5 Å². The van der Waals surface area contributed by atoms with Crippen molar-refractivity contribution in [3.8, 4) is 0 Å². The molecule has 0 saturated carbocycles. The minimum absolute atomic E-state index is 0.499. The van der Waals surface area contributed by atoms with E-state index >= 15 is 0 Å². The molecule has 3 nitrogen and oxygen atoms in total. The summed E-state index contributed by atoms with van der Waals surface area (Å²) in [5.41, 5.74) is 7.90. The second-order valence-corrected chi connectivity index (χ2v) is 3.97. The fourth-order valence-electron chi connectivity index (χ4n) is 1.59. The van der Waals surface area contributed by atoms with Crippen LogP contribution >= 0.6 is 0 Å². The van der Waals surface area contributed by atoms with Crippen LogP contribution in [-0.4, -0.2) is 18.1 Å². The summed E-state index contributed by atoms with van der Waals surface area (Å²) >= 11 is 0. The summed E-state index contributed by atoms with van der Waals surface area (Å²) in [6.07, 6.45) is 2.01. The van der Waals surface area contributed by atoms with Crippen molar-refractivity contribution in [1.29, 1.82) is 0 Å². The Hall–Kier alpha value is -1.48. The fourth-order valence-corrected chi connectivity index (χ4v) is 1.59. The Labute approximate surface area is 89.7 Å². The summed E-state index contributed by atoms with van der Waals surface area (Å²) in [6, 6.07) is 8.27. The van der Waals surface area contributed by atoms with Crippen LogP contribution < -0.4 is 11.1 Å². The van der Waals surface area contributed by atoms with Gasteiger partial charge in [-0.25, -0.2) is 0 Å². The van der Waals surface area contributed by atoms with E-state index in [4.69, 9.17) is 5.73 Å². The van der Waals surface area contributed by atoms with Crippen LogP contribution in [-0.2, 0) is 0 Å². The molecule has 3 heteroatoms. The summed E-state index contributed by atoms with van der Waals surface area (Å²) in [7, 11) is 0. The number of anilines is 1. The van der Waals surface area contributed by atoms with Crippen LogP contribution in [0.3, 0.4) is 0 Å². The quantitative estimate of drug-likeness (QED) is 0.713. The van der Waals surface area contributed by atoms with Crippen LogP contribution in [0, 0.1) is 5.92 Å². The van der Waals surface area contributed by atoms with Gasteiger partial charge < -0.3 is 16.0 Å². The van der Waals surface area contributed by atoms with E-state index < -0.39 is 0 Å². The van der Waals surface area contributed by atoms with Gasteiger partial charge >= 0.3 is 0 Å². The van der Waals surface area contributed by atoms with Crippen molar-refractivity contribution in [3.63, 3.8) is 0 Å². The molecule has 0 aliphatic rings. The lowest BCUT2D eigenvalue weighted by molar-refractivity contribution is 0.628. The van der Waals surface area contributed by atoms with Gasteiger partial charge in [-0.1, -0.05) is 25.1 Å². The highest BCUT2D eigenvalue weighted by molar-refractivity contribution is 5.92. The molecule has 0 aliphatic heterocycles. The van der Waals surface area contributed by atoms with Crippen molar-refractivity contribution in [2.45, 2.75) is 6.92 Å². The lowest BCUT2D eigenvalue weighted by Gasteiger charge is -2.10. The van der Waals surface area contributed by atoms with Crippen LogP contribution in [0.1, 0.15) is 6.92 Å². The minimum Gasteiger partial charge on any atom is -0.383 e. The Bertz CT molecular complexity index is 433. The summed E-state index contributed by atoms with van der Waals surface area (Å²) in [5.74, 6) is 0.499. The van der Waals surface area contributed by atoms with Crippen molar-refractivity contribution >= 4 is 16.6 Å². The topological polar surface area (TPSA) is 53.8 Å². The zero-order valence-electron chi connectivity index (χ0n) is 8.96. The van der Waals surface area contributed by atoms with E-state index in [-0.39, 0.29) is 0 Å². The molecule has 1 unspecified atom stereocenters. The molecule has 2 rings (SSSR count). The fraction of sp³-hybridized carbons (Fsp3) is 0.333. The average molecular weight is 203 g/mol. The molecule has 1 heterocycles. The number of fused-ring (bicyclic) bond motifs is 1. The largest absolute Gasteiger partial charge is 0.383 e. The molecule has 0 bridgehead atoms. The zero-order chi connectivity index (χ0) is 10.7. The van der Waals surface area contributed by atoms with Crippen LogP contribution in [0.25, 0.3) is 10.9 Å². The Morgan fingerprint density at radius 2 is 2.20 bits per heavy atom. The number of aromatic amines is 1. The third kappa shape index (κ3) is 2.13. The lowest BCUT2D eigenvalue weighted by atomic mass is 10.2. The molecule has 4 N–H and O–H groups in total. The van der Waals surface area contributed by atoms with Crippen molar-refractivity contribution in [1.82, 2.24) is 4.98 Å². The molecule has 1 aromatic carbocycles. The summed E-state index contributed by atoms with van der Waals surface area (Å²) in [6.45, 7) is 3.77. The number of aromatic nitrogens is 1. The Morgan fingerprint density at radius 1 is 1.40 bits per heavy atom. The van der Waals surface area contributed by atoms with E-state index in [9.17, 15) is 0 Å². The van der Waals surface area contributed by atoms with Gasteiger partial charge in [0, 0.05) is 23.6 Å². The number of hydrogen-bond donors (Lipinski definition) is 3. The number of rotatable bonds is 4. The number of H-pyrrole nitrogens is 1. The number of nitrogens with one attached hydrogen (secondary N) is 2. The van der Waals surface area contributed by atoms with Crippen LogP contribution in [0.15, 0.2) is 30.5 Å². The molecule has 0 fully saturated rings. The monoisotopic (exact) mass is 203 g/mol. The first kappa shape index (κ1) is 10.1. The van der Waals surface area contributed by atoms with Gasteiger partial charge in [-0.2, -0.15) is 0 Å². The van der Waals surface area contributed by atoms with Crippen molar-refractivity contribution < 1.29 is 0 Å². The maximum atomic E-state index is 5.58. The molecule has 0 aliphatic carbocycles. The second-order valence-electron chi connectivity index (χ2n) is 3.97. The van der Waals surface area contributed by atoms with Crippen molar-refractivity contribution in [3.05, 3.63) is 30.5 Å². The first-order valence-corrected chi connectivity index (χ1v) is 5.31. The van der Waals surface area contributed by atoms with E-state index in [1.807, 2.05) is 18.3 Å². The number of hydrogen-bond acceptors (Lipinski definition) is 2. The standard InChI is InChI=1S/C12H17N3/c1-9(6-13)7-14-12-8-15-11-5-3-2-4-10(11)12/h2-5,8-9,14-15H,6-7,13H2,1H3. The molecule has 80 valence electrons. The molecule has 1 aromatic heterocycles. The van der Waals surface area contributed by atoms with Crippen molar-refractivity contribution in [2.75, 3.05) is 18.4 Å². The van der Waals surface area contributed by atoms with E-state index in [0.29, 0.717) is 5.92 Å². The lowest BCUT2D eigenvalue weighted by Crippen LogP contribution is -2.19. The van der Waals surface area contributed by atoms with Gasteiger partial charge in [-0.3, -0.25) is 0 Å². The summed E-state index contributed by atoms with van der Waals surface area (Å²) in [4.78, 5) is 3.24. The molecule has 15 heavy (non-hydrogen) atoms. The maximum absolute atomic E-state index is 5.58. The SMILES string of the molecule is CC(CN)CNc1c[nH]c2ccccc12. The molecule has 0 saturated heterocycles. The van der Waals surface area contributed by atoms with Crippen LogP contribution in [0.2, 0.25) is 0 Å². The maximum Gasteiger partial charge on any atom is 0.0598 e. The number of para-hydroxylation sites is 1. The smallest absolute Gasteiger partial charge is 0.0598 e. The predicted molar refractivity (Wildman–Crippen MR) is 65.0 cm³/mol. The van der Waals surface area contributed by atoms with Crippen molar-refractivity contribution in [2.24, 2.45) is 11.7 Å². The molecule has 0 amide bonds. The highest BCUT2D eigenvalue weighted by atomic mass is 14.9. The van der Waals surface area contributed by atoms with Gasteiger partial charge in [0.1, 0.15) is 0 Å². The van der Waals surface area contributed by atoms with Gasteiger partial charge in [0.15, 0.2) is 0 Å². The van der Waals surface area contributed by atoms with Crippen LogP contribution in [0.5, 0.6) is 0 Å². The Morgan fingerprint density at radius 3 is 3.00 bits per heavy atom. The average Bonchev–Trinajstić information content (AvgIpc) is 2.69. The molecule has 2 aromatic rings. The Balaban J connectivity index is 2.14. The number of benzene rings is 1. The third-order valence-corrected chi connectivity index (χ3v) is 2.63. The van der Waals surface area contributed by atoms with Crippen LogP contribution in [0.4, 0.5) is 5.69 Å². The summed E-state index contributed by atoms with van der Waals surface area (Å²) < 4.78 is 0. The zero-order valence-corrected chi connectivity index (χ0v) is 8.96. The van der Waals surface area contributed by atoms with E-state index in [0.717, 1.165) is 18.8 Å². The highest BCUT2D eigenvalue weighted by Crippen LogP contribution is 2.22. The Kier molecular flexibility index (Phi) is 2.92. The second kappa shape index (κ2) is 4.36. The summed E-state index contributed by atoms with van der Waals surface area (Å²) in [5, 5.41) is 4.64. The molecule has 0 radical (unpaired) electrons. The minimum atomic E-state index is 0.499. The molecular formula is C12H17N3. The molecular weight excluding hydrogens is 186 g/mol. The van der Waals surface area contributed by atoms with Gasteiger partial charge in [0.05, 0.1) is 5.69 Å². The molecule has 1 atom stereocenters. The first-order valence-electron chi connectivity index (χ1n) is 5.31. The van der Waals surface area contributed by atoms with E-state index in [1.165, 1.54) is 10.9 Å². The predicted octanol–water partition coefficient (Wildman–Crippen LogP) is 2.17. The molecule has 0 spiro atoms. The van der Waals surface area contributed by atoms with Gasteiger partial charge in [-0.15, -0.1) is 0 Å². The van der Waals surface area contributed by atoms with E-state index in [1.54, 1.807) is 0 Å². The third-order valence-electron chi connectivity index (χ3n) is 2.63. The highest BCUT2D eigenvalue weighted by Gasteiger charge is 2.03. The van der Waals surface area contributed by atoms with Gasteiger partial charge in [0.25, 0.3) is 0 Å². The van der Waals surface area contributed by atoms with E-state index in [2.05, 4.69) is 29.4 Å². The number of nitrogens with two attached hydrogens (primary N) is 1.